The largest absolute Gasteiger partial charge is 0.442 e. The van der Waals surface area contributed by atoms with E-state index in [1.54, 1.807) is 24.0 Å². The molecule has 0 aromatic heterocycles. The van der Waals surface area contributed by atoms with Gasteiger partial charge in [0.1, 0.15) is 30.5 Å². The molecule has 1 spiro atoms. The molecule has 4 aliphatic heterocycles. The molecule has 4 heterocycles. The Labute approximate surface area is 253 Å². The van der Waals surface area contributed by atoms with Crippen molar-refractivity contribution < 1.29 is 48.3 Å². The smallest absolute Gasteiger partial charge is 0.410 e. The minimum atomic E-state index is -0.824. The van der Waals surface area contributed by atoms with E-state index >= 15 is 0 Å². The van der Waals surface area contributed by atoms with E-state index in [4.69, 9.17) is 28.8 Å². The maximum atomic E-state index is 12.5. The first kappa shape index (κ1) is 33.3. The topological polar surface area (TPSA) is 156 Å². The molecule has 43 heavy (non-hydrogen) atoms. The number of carbonyl (C=O) groups is 3. The molecule has 240 valence electrons. The third-order valence-electron chi connectivity index (χ3n) is 8.35. The number of amides is 2. The fourth-order valence-corrected chi connectivity index (χ4v) is 5.65. The maximum absolute atomic E-state index is 12.5. The van der Waals surface area contributed by atoms with Crippen LogP contribution in [0.5, 0.6) is 0 Å². The molecule has 0 aromatic carbocycles. The fraction of sp³-hybridized carbons (Fsp3) is 0.710. The number of Topliss-reactive ketones (excluding diaryl/α,β-unsaturated/α-hetero) is 1. The molecule has 2 amide bonds. The summed E-state index contributed by atoms with van der Waals surface area (Å²) >= 11 is 0. The number of aliphatic hydroxyl groups excluding tert-OH is 2. The standard InChI is InChI=1S/C31H46N2O10/c1-20(5-10-27-29(37)31(19-40-31)17-25(43-27)16-23(35)18-34)4-7-24-8-9-26(22(3)42-24)32-28(36)11-6-21(2)41-30(38)33-12-14-39-15-13-33/h4-6,10-11,21-22,24-27,29,34,37H,7-9,12-19H2,1-3H3,(H,32,36)/b10-5+,11-6-,20-4+/t21-,22+,24-,25+,26+,27?,29+,31+/m0/s1. The van der Waals surface area contributed by atoms with Gasteiger partial charge in [0.2, 0.25) is 5.91 Å². The number of nitrogens with one attached hydrogen (secondary N) is 1. The van der Waals surface area contributed by atoms with Gasteiger partial charge in [0.25, 0.3) is 0 Å². The van der Waals surface area contributed by atoms with E-state index in [0.29, 0.717) is 45.8 Å². The summed E-state index contributed by atoms with van der Waals surface area (Å²) in [5.74, 6) is -0.560. The lowest BCUT2D eigenvalue weighted by atomic mass is 9.87. The minimum absolute atomic E-state index is 0.00944. The first-order chi connectivity index (χ1) is 20.6. The number of morpholine rings is 1. The molecular formula is C31H46N2O10. The second-order valence-electron chi connectivity index (χ2n) is 11.9. The number of ether oxygens (including phenoxy) is 5. The number of epoxide rings is 1. The van der Waals surface area contributed by atoms with Crippen molar-refractivity contribution in [1.82, 2.24) is 10.2 Å². The summed E-state index contributed by atoms with van der Waals surface area (Å²) < 4.78 is 28.3. The van der Waals surface area contributed by atoms with Crippen LogP contribution in [-0.2, 0) is 33.3 Å². The predicted octanol–water partition coefficient (Wildman–Crippen LogP) is 1.58. The number of aliphatic hydroxyl groups is 2. The minimum Gasteiger partial charge on any atom is -0.442 e. The molecule has 0 saturated carbocycles. The Hall–Kier alpha value is -2.61. The molecule has 8 atom stereocenters. The molecule has 0 bridgehead atoms. The number of nitrogens with zero attached hydrogens (tertiary/aromatic N) is 1. The van der Waals surface area contributed by atoms with E-state index in [1.165, 1.54) is 6.08 Å². The Morgan fingerprint density at radius 2 is 1.88 bits per heavy atom. The average Bonchev–Trinajstić information content (AvgIpc) is 3.77. The third kappa shape index (κ3) is 9.69. The van der Waals surface area contributed by atoms with E-state index in [-0.39, 0.29) is 36.4 Å². The van der Waals surface area contributed by atoms with Crippen molar-refractivity contribution in [3.8, 4) is 0 Å². The molecule has 4 rings (SSSR count). The number of ketones is 1. The Morgan fingerprint density at radius 3 is 2.56 bits per heavy atom. The maximum Gasteiger partial charge on any atom is 0.410 e. The van der Waals surface area contributed by atoms with Gasteiger partial charge in [0, 0.05) is 32.0 Å². The number of hydrogen-bond donors (Lipinski definition) is 3. The van der Waals surface area contributed by atoms with Gasteiger partial charge >= 0.3 is 6.09 Å². The molecule has 12 nitrogen and oxygen atoms in total. The zero-order valence-electron chi connectivity index (χ0n) is 25.3. The third-order valence-corrected chi connectivity index (χ3v) is 8.35. The number of rotatable bonds is 11. The first-order valence-corrected chi connectivity index (χ1v) is 15.2. The number of carbonyl (C=O) groups excluding carboxylic acids is 3. The Morgan fingerprint density at radius 1 is 1.14 bits per heavy atom. The van der Waals surface area contributed by atoms with Crippen LogP contribution in [0.1, 0.15) is 52.9 Å². The van der Waals surface area contributed by atoms with Crippen molar-refractivity contribution in [2.24, 2.45) is 0 Å². The molecule has 4 saturated heterocycles. The highest BCUT2D eigenvalue weighted by Gasteiger charge is 2.58. The summed E-state index contributed by atoms with van der Waals surface area (Å²) in [5, 5.41) is 22.8. The van der Waals surface area contributed by atoms with Crippen molar-refractivity contribution >= 4 is 17.8 Å². The molecule has 4 fully saturated rings. The van der Waals surface area contributed by atoms with Crippen molar-refractivity contribution in [3.05, 3.63) is 36.0 Å². The number of allylic oxidation sites excluding steroid dienone is 2. The average molecular weight is 607 g/mol. The van der Waals surface area contributed by atoms with E-state index in [1.807, 2.05) is 19.9 Å². The highest BCUT2D eigenvalue weighted by atomic mass is 16.6. The highest BCUT2D eigenvalue weighted by molar-refractivity contribution is 5.87. The second-order valence-corrected chi connectivity index (χ2v) is 11.9. The summed E-state index contributed by atoms with van der Waals surface area (Å²) in [7, 11) is 0. The Kier molecular flexibility index (Phi) is 11.9. The van der Waals surface area contributed by atoms with Crippen molar-refractivity contribution in [1.29, 1.82) is 0 Å². The van der Waals surface area contributed by atoms with Gasteiger partial charge in [-0.2, -0.15) is 0 Å². The van der Waals surface area contributed by atoms with Crippen LogP contribution < -0.4 is 5.32 Å². The predicted molar refractivity (Wildman–Crippen MR) is 155 cm³/mol. The Balaban J connectivity index is 1.18. The summed E-state index contributed by atoms with van der Waals surface area (Å²) in [6, 6.07) is -0.128. The van der Waals surface area contributed by atoms with Gasteiger partial charge in [-0.15, -0.1) is 0 Å². The van der Waals surface area contributed by atoms with Crippen molar-refractivity contribution in [2.45, 2.75) is 101 Å². The van der Waals surface area contributed by atoms with Gasteiger partial charge in [-0.05, 0) is 46.1 Å². The van der Waals surface area contributed by atoms with Gasteiger partial charge < -0.3 is 44.1 Å². The van der Waals surface area contributed by atoms with E-state index in [0.717, 1.165) is 18.4 Å². The van der Waals surface area contributed by atoms with Crippen LogP contribution in [0.3, 0.4) is 0 Å². The highest BCUT2D eigenvalue weighted by Crippen LogP contribution is 2.43. The summed E-state index contributed by atoms with van der Waals surface area (Å²) in [5.41, 5.74) is 0.308. The van der Waals surface area contributed by atoms with Crippen LogP contribution >= 0.6 is 0 Å². The Bertz CT molecular complexity index is 1060. The van der Waals surface area contributed by atoms with E-state index < -0.39 is 42.7 Å². The van der Waals surface area contributed by atoms with Crippen LogP contribution in [-0.4, -0.2) is 121 Å². The lowest BCUT2D eigenvalue weighted by Gasteiger charge is -2.36. The lowest BCUT2D eigenvalue weighted by molar-refractivity contribution is -0.145. The molecule has 4 aliphatic rings. The SMILES string of the molecule is CC(/C=C/C1O[C@H](CC(=O)CO)C[C@@]2(CO2)[C@@H]1O)=C\C[C@H]1CC[C@@H](NC(=O)/C=C\[C@H](C)OC(=O)N2CCOCC2)[C@@H](C)O1. The summed E-state index contributed by atoms with van der Waals surface area (Å²) in [6.07, 6.45) is 8.52. The van der Waals surface area contributed by atoms with Crippen LogP contribution in [0, 0.1) is 0 Å². The van der Waals surface area contributed by atoms with Gasteiger partial charge in [-0.3, -0.25) is 9.59 Å². The summed E-state index contributed by atoms with van der Waals surface area (Å²) in [4.78, 5) is 38.0. The van der Waals surface area contributed by atoms with Crippen LogP contribution in [0.2, 0.25) is 0 Å². The van der Waals surface area contributed by atoms with Gasteiger partial charge in [-0.25, -0.2) is 4.79 Å². The van der Waals surface area contributed by atoms with Gasteiger partial charge in [0.15, 0.2) is 5.78 Å². The zero-order valence-corrected chi connectivity index (χ0v) is 25.3. The van der Waals surface area contributed by atoms with Crippen LogP contribution in [0.4, 0.5) is 4.79 Å². The summed E-state index contributed by atoms with van der Waals surface area (Å²) in [6.45, 7) is 7.50. The molecular weight excluding hydrogens is 560 g/mol. The van der Waals surface area contributed by atoms with Crippen molar-refractivity contribution in [2.75, 3.05) is 39.5 Å². The second kappa shape index (κ2) is 15.4. The molecule has 0 aromatic rings. The molecule has 12 heteroatoms. The van der Waals surface area contributed by atoms with Gasteiger partial charge in [0.05, 0.1) is 44.2 Å². The van der Waals surface area contributed by atoms with E-state index in [2.05, 4.69) is 11.4 Å². The fourth-order valence-electron chi connectivity index (χ4n) is 5.65. The molecule has 3 N–H and O–H groups in total. The lowest BCUT2D eigenvalue weighted by Crippen LogP contribution is -2.50. The van der Waals surface area contributed by atoms with Gasteiger partial charge in [-0.1, -0.05) is 23.8 Å². The quantitative estimate of drug-likeness (QED) is 0.179. The molecule has 1 unspecified atom stereocenters. The monoisotopic (exact) mass is 606 g/mol. The normalized spacial score (nSPS) is 34.0. The van der Waals surface area contributed by atoms with E-state index in [9.17, 15) is 19.5 Å². The first-order valence-electron chi connectivity index (χ1n) is 15.2. The number of hydrogen-bond acceptors (Lipinski definition) is 10. The van der Waals surface area contributed by atoms with Crippen molar-refractivity contribution in [3.63, 3.8) is 0 Å². The van der Waals surface area contributed by atoms with Crippen LogP contribution in [0.15, 0.2) is 36.0 Å². The molecule has 0 aliphatic carbocycles. The van der Waals surface area contributed by atoms with Crippen LogP contribution in [0.25, 0.3) is 0 Å². The molecule has 0 radical (unpaired) electrons. The zero-order chi connectivity index (χ0) is 31.0.